The van der Waals surface area contributed by atoms with E-state index in [1.165, 1.54) is 0 Å². The van der Waals surface area contributed by atoms with Crippen molar-refractivity contribution in [2.45, 2.75) is 27.3 Å². The summed E-state index contributed by atoms with van der Waals surface area (Å²) in [6.45, 7) is 7.15. The highest BCUT2D eigenvalue weighted by atomic mass is 16.5. The quantitative estimate of drug-likeness (QED) is 0.771. The third-order valence-electron chi connectivity index (χ3n) is 4.06. The lowest BCUT2D eigenvalue weighted by molar-refractivity contribution is 0.101. The zero-order valence-corrected chi connectivity index (χ0v) is 14.2. The first-order chi connectivity index (χ1) is 11.7. The van der Waals surface area contributed by atoms with Crippen LogP contribution in [0.2, 0.25) is 0 Å². The number of amides is 1. The van der Waals surface area contributed by atoms with E-state index >= 15 is 0 Å². The maximum absolute atomic E-state index is 12.9. The molecule has 0 spiro atoms. The van der Waals surface area contributed by atoms with Crippen LogP contribution in [0.25, 0.3) is 10.9 Å². The molecule has 5 nitrogen and oxygen atoms in total. The van der Waals surface area contributed by atoms with Crippen molar-refractivity contribution in [1.29, 1.82) is 0 Å². The van der Waals surface area contributed by atoms with E-state index in [1.807, 2.05) is 49.6 Å². The fourth-order valence-corrected chi connectivity index (χ4v) is 3.02. The van der Waals surface area contributed by atoms with Gasteiger partial charge in [0.25, 0.3) is 5.91 Å². The second-order valence-electron chi connectivity index (χ2n) is 5.47. The van der Waals surface area contributed by atoms with E-state index in [2.05, 4.69) is 10.3 Å². The summed E-state index contributed by atoms with van der Waals surface area (Å²) in [5.41, 5.74) is 2.69. The van der Waals surface area contributed by atoms with Crippen LogP contribution >= 0.6 is 0 Å². The van der Waals surface area contributed by atoms with E-state index < -0.39 is 0 Å². The summed E-state index contributed by atoms with van der Waals surface area (Å²) in [7, 11) is 0. The first-order valence-corrected chi connectivity index (χ1v) is 8.14. The number of aromatic nitrogens is 2. The largest absolute Gasteiger partial charge is 0.490 e. The fourth-order valence-electron chi connectivity index (χ4n) is 3.02. The lowest BCUT2D eigenvalue weighted by atomic mass is 10.1. The van der Waals surface area contributed by atoms with Crippen LogP contribution in [0.4, 0.5) is 5.82 Å². The minimum absolute atomic E-state index is 0.176. The first kappa shape index (κ1) is 16.1. The summed E-state index contributed by atoms with van der Waals surface area (Å²) in [6, 6.07) is 11.6. The van der Waals surface area contributed by atoms with Crippen LogP contribution in [-0.4, -0.2) is 22.1 Å². The molecule has 0 aliphatic carbocycles. The summed E-state index contributed by atoms with van der Waals surface area (Å²) >= 11 is 0. The van der Waals surface area contributed by atoms with E-state index in [9.17, 15) is 4.79 Å². The van der Waals surface area contributed by atoms with Crippen molar-refractivity contribution in [1.82, 2.24) is 9.55 Å². The van der Waals surface area contributed by atoms with E-state index in [1.54, 1.807) is 18.3 Å². The molecule has 3 rings (SSSR count). The summed E-state index contributed by atoms with van der Waals surface area (Å²) in [5.74, 6) is 0.840. The van der Waals surface area contributed by atoms with Gasteiger partial charge in [-0.15, -0.1) is 0 Å². The summed E-state index contributed by atoms with van der Waals surface area (Å²) in [5, 5.41) is 3.99. The van der Waals surface area contributed by atoms with Crippen LogP contribution in [-0.2, 0) is 6.54 Å². The predicted molar refractivity (Wildman–Crippen MR) is 95.7 cm³/mol. The van der Waals surface area contributed by atoms with Gasteiger partial charge in [0.2, 0.25) is 0 Å². The smallest absolute Gasteiger partial charge is 0.273 e. The summed E-state index contributed by atoms with van der Waals surface area (Å²) in [4.78, 5) is 17.1. The minimum atomic E-state index is -0.176. The number of carbonyl (C=O) groups excluding carboxylic acids is 1. The number of para-hydroxylation sites is 1. The number of fused-ring (bicyclic) bond motifs is 1. The number of benzene rings is 1. The van der Waals surface area contributed by atoms with Crippen LogP contribution in [0, 0.1) is 6.92 Å². The van der Waals surface area contributed by atoms with E-state index in [-0.39, 0.29) is 5.91 Å². The molecule has 0 bridgehead atoms. The van der Waals surface area contributed by atoms with Crippen molar-refractivity contribution in [3.63, 3.8) is 0 Å². The molecule has 0 atom stereocenters. The SMILES string of the molecule is CCOc1cccnc1NC(=O)c1c(C)c2ccccc2n1CC. The number of ether oxygens (including phenoxy) is 1. The Labute approximate surface area is 141 Å². The van der Waals surface area contributed by atoms with E-state index in [0.717, 1.165) is 23.0 Å². The maximum Gasteiger partial charge on any atom is 0.273 e. The molecular weight excluding hydrogens is 302 g/mol. The number of nitrogens with one attached hydrogen (secondary N) is 1. The Hall–Kier alpha value is -2.82. The molecule has 3 aromatic rings. The lowest BCUT2D eigenvalue weighted by Gasteiger charge is -2.12. The Morgan fingerprint density at radius 1 is 1.21 bits per heavy atom. The normalized spacial score (nSPS) is 10.8. The van der Waals surface area contributed by atoms with Gasteiger partial charge in [-0.1, -0.05) is 18.2 Å². The van der Waals surface area contributed by atoms with Crippen LogP contribution in [0.1, 0.15) is 29.9 Å². The van der Waals surface area contributed by atoms with Gasteiger partial charge in [0, 0.05) is 23.6 Å². The van der Waals surface area contributed by atoms with Gasteiger partial charge in [0.15, 0.2) is 11.6 Å². The maximum atomic E-state index is 12.9. The van der Waals surface area contributed by atoms with Crippen molar-refractivity contribution in [2.75, 3.05) is 11.9 Å². The number of nitrogens with zero attached hydrogens (tertiary/aromatic N) is 2. The Balaban J connectivity index is 2.02. The van der Waals surface area contributed by atoms with Crippen LogP contribution in [0.5, 0.6) is 5.75 Å². The molecule has 0 radical (unpaired) electrons. The second-order valence-corrected chi connectivity index (χ2v) is 5.47. The topological polar surface area (TPSA) is 56.1 Å². The Kier molecular flexibility index (Phi) is 4.51. The molecule has 124 valence electrons. The Morgan fingerprint density at radius 3 is 2.75 bits per heavy atom. The minimum Gasteiger partial charge on any atom is -0.490 e. The molecule has 0 aliphatic rings. The molecular formula is C19H21N3O2. The molecule has 24 heavy (non-hydrogen) atoms. The van der Waals surface area contributed by atoms with Gasteiger partial charge in [0.05, 0.1) is 6.61 Å². The molecule has 1 amide bonds. The molecule has 2 aromatic heterocycles. The van der Waals surface area contributed by atoms with Crippen molar-refractivity contribution < 1.29 is 9.53 Å². The predicted octanol–water partition coefficient (Wildman–Crippen LogP) is 4.02. The summed E-state index contributed by atoms with van der Waals surface area (Å²) in [6.07, 6.45) is 1.64. The van der Waals surface area contributed by atoms with Crippen LogP contribution in [0.15, 0.2) is 42.6 Å². The highest BCUT2D eigenvalue weighted by molar-refractivity contribution is 6.08. The number of anilines is 1. The second kappa shape index (κ2) is 6.74. The van der Waals surface area contributed by atoms with E-state index in [0.29, 0.717) is 23.9 Å². The highest BCUT2D eigenvalue weighted by Gasteiger charge is 2.20. The molecule has 5 heteroatoms. The lowest BCUT2D eigenvalue weighted by Crippen LogP contribution is -2.19. The van der Waals surface area contributed by atoms with Gasteiger partial charge in [-0.3, -0.25) is 4.79 Å². The van der Waals surface area contributed by atoms with Gasteiger partial charge < -0.3 is 14.6 Å². The van der Waals surface area contributed by atoms with Gasteiger partial charge in [-0.2, -0.15) is 0 Å². The molecule has 0 fully saturated rings. The number of hydrogen-bond donors (Lipinski definition) is 1. The zero-order valence-electron chi connectivity index (χ0n) is 14.2. The van der Waals surface area contributed by atoms with Gasteiger partial charge in [0.1, 0.15) is 5.69 Å². The van der Waals surface area contributed by atoms with Crippen LogP contribution in [0.3, 0.4) is 0 Å². The van der Waals surface area contributed by atoms with Gasteiger partial charge in [-0.05, 0) is 44.5 Å². The average Bonchev–Trinajstić information content (AvgIpc) is 2.89. The van der Waals surface area contributed by atoms with Crippen molar-refractivity contribution in [3.05, 3.63) is 53.9 Å². The number of rotatable bonds is 5. The molecule has 0 saturated heterocycles. The van der Waals surface area contributed by atoms with Crippen LogP contribution < -0.4 is 10.1 Å². The first-order valence-electron chi connectivity index (χ1n) is 8.14. The third-order valence-corrected chi connectivity index (χ3v) is 4.06. The fraction of sp³-hybridized carbons (Fsp3) is 0.263. The Bertz CT molecular complexity index is 883. The van der Waals surface area contributed by atoms with E-state index in [4.69, 9.17) is 4.74 Å². The zero-order chi connectivity index (χ0) is 17.1. The van der Waals surface area contributed by atoms with Crippen molar-refractivity contribution in [3.8, 4) is 5.75 Å². The molecule has 0 unspecified atom stereocenters. The molecule has 2 heterocycles. The van der Waals surface area contributed by atoms with Crippen molar-refractivity contribution in [2.24, 2.45) is 0 Å². The number of hydrogen-bond acceptors (Lipinski definition) is 3. The third kappa shape index (κ3) is 2.73. The molecule has 1 aromatic carbocycles. The molecule has 0 saturated carbocycles. The number of aryl methyl sites for hydroxylation is 2. The van der Waals surface area contributed by atoms with Crippen molar-refractivity contribution >= 4 is 22.6 Å². The standard InChI is InChI=1S/C19H21N3O2/c1-4-22-15-10-7-6-9-14(15)13(3)17(22)19(23)21-18-16(24-5-2)11-8-12-20-18/h6-12H,4-5H2,1-3H3,(H,20,21,23). The monoisotopic (exact) mass is 323 g/mol. The Morgan fingerprint density at radius 2 is 2.00 bits per heavy atom. The average molecular weight is 323 g/mol. The van der Waals surface area contributed by atoms with Gasteiger partial charge in [-0.25, -0.2) is 4.98 Å². The summed E-state index contributed by atoms with van der Waals surface area (Å²) < 4.78 is 7.57. The van der Waals surface area contributed by atoms with Gasteiger partial charge >= 0.3 is 0 Å². The number of carbonyl (C=O) groups is 1. The molecule has 0 aliphatic heterocycles. The number of pyridine rings is 1. The molecule has 1 N–H and O–H groups in total. The highest BCUT2D eigenvalue weighted by Crippen LogP contribution is 2.27.